The van der Waals surface area contributed by atoms with Crippen molar-refractivity contribution in [2.75, 3.05) is 0 Å². The zero-order valence-electron chi connectivity index (χ0n) is 6.58. The monoisotopic (exact) mass is 140 g/mol. The second kappa shape index (κ2) is 3.00. The standard InChI is InChI=1S/C9H13F/c1-3-8-5-4-7(2)9(10)6-8/h6H,3-5H2,1-2H3. The van der Waals surface area contributed by atoms with E-state index in [4.69, 9.17) is 0 Å². The Bertz CT molecular complexity index is 187. The lowest BCUT2D eigenvalue weighted by molar-refractivity contribution is 0.627. The minimum atomic E-state index is -0.0110. The van der Waals surface area contributed by atoms with E-state index in [9.17, 15) is 4.39 Å². The van der Waals surface area contributed by atoms with Gasteiger partial charge >= 0.3 is 0 Å². The summed E-state index contributed by atoms with van der Waals surface area (Å²) in [5.41, 5.74) is 2.14. The van der Waals surface area contributed by atoms with E-state index in [0.29, 0.717) is 0 Å². The molecule has 0 aromatic rings. The van der Waals surface area contributed by atoms with Crippen molar-refractivity contribution in [1.29, 1.82) is 0 Å². The molecule has 0 radical (unpaired) electrons. The first-order valence-corrected chi connectivity index (χ1v) is 3.78. The largest absolute Gasteiger partial charge is 0.207 e. The van der Waals surface area contributed by atoms with Crippen molar-refractivity contribution in [3.8, 4) is 0 Å². The Morgan fingerprint density at radius 1 is 1.50 bits per heavy atom. The molecule has 0 fully saturated rings. The van der Waals surface area contributed by atoms with Crippen LogP contribution in [0.25, 0.3) is 0 Å². The van der Waals surface area contributed by atoms with Crippen molar-refractivity contribution in [2.24, 2.45) is 0 Å². The highest BCUT2D eigenvalue weighted by atomic mass is 19.1. The number of halogens is 1. The van der Waals surface area contributed by atoms with Gasteiger partial charge in [-0.3, -0.25) is 0 Å². The van der Waals surface area contributed by atoms with Gasteiger partial charge in [0.05, 0.1) is 0 Å². The molecular weight excluding hydrogens is 127 g/mol. The summed E-state index contributed by atoms with van der Waals surface area (Å²) >= 11 is 0. The Morgan fingerprint density at radius 2 is 2.20 bits per heavy atom. The summed E-state index contributed by atoms with van der Waals surface area (Å²) in [6, 6.07) is 0. The zero-order valence-corrected chi connectivity index (χ0v) is 6.58. The molecule has 0 spiro atoms. The summed E-state index contributed by atoms with van der Waals surface area (Å²) < 4.78 is 12.8. The molecule has 0 N–H and O–H groups in total. The average Bonchev–Trinajstić information content (AvgIpc) is 1.95. The summed E-state index contributed by atoms with van der Waals surface area (Å²) in [7, 11) is 0. The Labute approximate surface area is 61.4 Å². The fraction of sp³-hybridized carbons (Fsp3) is 0.556. The van der Waals surface area contributed by atoms with Crippen LogP contribution < -0.4 is 0 Å². The van der Waals surface area contributed by atoms with E-state index in [1.807, 2.05) is 6.92 Å². The Hall–Kier alpha value is -0.590. The van der Waals surface area contributed by atoms with Gasteiger partial charge in [-0.05, 0) is 37.8 Å². The first-order valence-electron chi connectivity index (χ1n) is 3.78. The second-order valence-corrected chi connectivity index (χ2v) is 2.78. The van der Waals surface area contributed by atoms with Crippen LogP contribution in [0.4, 0.5) is 4.39 Å². The number of hydrogen-bond acceptors (Lipinski definition) is 0. The number of rotatable bonds is 1. The Kier molecular flexibility index (Phi) is 2.25. The van der Waals surface area contributed by atoms with E-state index in [1.54, 1.807) is 6.08 Å². The molecule has 1 aliphatic rings. The molecule has 0 aliphatic heterocycles. The molecule has 0 saturated carbocycles. The van der Waals surface area contributed by atoms with Gasteiger partial charge in [-0.1, -0.05) is 12.5 Å². The average molecular weight is 140 g/mol. The highest BCUT2D eigenvalue weighted by Crippen LogP contribution is 2.25. The van der Waals surface area contributed by atoms with E-state index in [0.717, 1.165) is 24.8 Å². The van der Waals surface area contributed by atoms with Crippen LogP contribution in [0.15, 0.2) is 23.0 Å². The van der Waals surface area contributed by atoms with E-state index >= 15 is 0 Å². The van der Waals surface area contributed by atoms with Gasteiger partial charge in [0.15, 0.2) is 0 Å². The summed E-state index contributed by atoms with van der Waals surface area (Å²) in [5, 5.41) is 0. The fourth-order valence-electron chi connectivity index (χ4n) is 1.12. The van der Waals surface area contributed by atoms with Crippen LogP contribution >= 0.6 is 0 Å². The lowest BCUT2D eigenvalue weighted by Crippen LogP contribution is -1.92. The van der Waals surface area contributed by atoms with Crippen LogP contribution in [0.1, 0.15) is 33.1 Å². The van der Waals surface area contributed by atoms with Gasteiger partial charge in [0, 0.05) is 0 Å². The van der Waals surface area contributed by atoms with E-state index < -0.39 is 0 Å². The van der Waals surface area contributed by atoms with Crippen molar-refractivity contribution >= 4 is 0 Å². The predicted molar refractivity (Wildman–Crippen MR) is 41.4 cm³/mol. The van der Waals surface area contributed by atoms with E-state index in [-0.39, 0.29) is 5.83 Å². The van der Waals surface area contributed by atoms with Crippen molar-refractivity contribution in [1.82, 2.24) is 0 Å². The quantitative estimate of drug-likeness (QED) is 0.524. The summed E-state index contributed by atoms with van der Waals surface area (Å²) in [6.45, 7) is 3.93. The van der Waals surface area contributed by atoms with Crippen LogP contribution in [-0.4, -0.2) is 0 Å². The van der Waals surface area contributed by atoms with Crippen molar-refractivity contribution in [3.63, 3.8) is 0 Å². The van der Waals surface area contributed by atoms with E-state index in [2.05, 4.69) is 6.92 Å². The Balaban J connectivity index is 2.76. The highest BCUT2D eigenvalue weighted by molar-refractivity contribution is 5.27. The SMILES string of the molecule is CCC1=CC(F)=C(C)CC1. The fourth-order valence-corrected chi connectivity index (χ4v) is 1.12. The van der Waals surface area contributed by atoms with Crippen LogP contribution in [0.5, 0.6) is 0 Å². The van der Waals surface area contributed by atoms with E-state index in [1.165, 1.54) is 5.57 Å². The van der Waals surface area contributed by atoms with Gasteiger partial charge < -0.3 is 0 Å². The molecule has 0 unspecified atom stereocenters. The van der Waals surface area contributed by atoms with Gasteiger partial charge in [0.1, 0.15) is 5.83 Å². The molecule has 0 saturated heterocycles. The van der Waals surface area contributed by atoms with Crippen LogP contribution in [0.3, 0.4) is 0 Å². The maximum absolute atomic E-state index is 12.8. The minimum Gasteiger partial charge on any atom is -0.207 e. The summed E-state index contributed by atoms with van der Waals surface area (Å²) in [5.74, 6) is -0.0110. The first kappa shape index (κ1) is 7.52. The van der Waals surface area contributed by atoms with Crippen LogP contribution in [0.2, 0.25) is 0 Å². The van der Waals surface area contributed by atoms with Gasteiger partial charge in [0.2, 0.25) is 0 Å². The third-order valence-electron chi connectivity index (χ3n) is 2.01. The van der Waals surface area contributed by atoms with Gasteiger partial charge in [-0.2, -0.15) is 0 Å². The molecule has 1 aliphatic carbocycles. The molecule has 0 aromatic carbocycles. The molecule has 0 amide bonds. The Morgan fingerprint density at radius 3 is 2.70 bits per heavy atom. The minimum absolute atomic E-state index is 0.0110. The normalized spacial score (nSPS) is 19.3. The van der Waals surface area contributed by atoms with Crippen molar-refractivity contribution in [2.45, 2.75) is 33.1 Å². The molecule has 1 heteroatoms. The van der Waals surface area contributed by atoms with Crippen LogP contribution in [-0.2, 0) is 0 Å². The lowest BCUT2D eigenvalue weighted by atomic mass is 9.97. The van der Waals surface area contributed by atoms with Gasteiger partial charge in [-0.25, -0.2) is 4.39 Å². The van der Waals surface area contributed by atoms with Crippen molar-refractivity contribution < 1.29 is 4.39 Å². The number of hydrogen-bond donors (Lipinski definition) is 0. The van der Waals surface area contributed by atoms with Crippen molar-refractivity contribution in [3.05, 3.63) is 23.0 Å². The molecule has 0 nitrogen and oxygen atoms in total. The maximum Gasteiger partial charge on any atom is 0.122 e. The maximum atomic E-state index is 12.8. The van der Waals surface area contributed by atoms with Crippen LogP contribution in [0, 0.1) is 0 Å². The molecular formula is C9H13F. The third-order valence-corrected chi connectivity index (χ3v) is 2.01. The predicted octanol–water partition coefficient (Wildman–Crippen LogP) is 3.36. The number of allylic oxidation sites excluding steroid dienone is 4. The third kappa shape index (κ3) is 1.47. The topological polar surface area (TPSA) is 0 Å². The molecule has 0 bridgehead atoms. The molecule has 1 rings (SSSR count). The summed E-state index contributed by atoms with van der Waals surface area (Å²) in [6.07, 6.45) is 4.63. The summed E-state index contributed by atoms with van der Waals surface area (Å²) in [4.78, 5) is 0. The first-order chi connectivity index (χ1) is 4.74. The smallest absolute Gasteiger partial charge is 0.122 e. The molecule has 0 aromatic heterocycles. The van der Waals surface area contributed by atoms with Gasteiger partial charge in [0.25, 0.3) is 0 Å². The molecule has 56 valence electrons. The zero-order chi connectivity index (χ0) is 7.56. The molecule has 10 heavy (non-hydrogen) atoms. The molecule has 0 atom stereocenters. The highest BCUT2D eigenvalue weighted by Gasteiger charge is 2.07. The second-order valence-electron chi connectivity index (χ2n) is 2.78. The van der Waals surface area contributed by atoms with Gasteiger partial charge in [-0.15, -0.1) is 0 Å². The lowest BCUT2D eigenvalue weighted by Gasteiger charge is -2.11. The molecule has 0 heterocycles.